The van der Waals surface area contributed by atoms with Crippen molar-refractivity contribution in [2.24, 2.45) is 0 Å². The van der Waals surface area contributed by atoms with Crippen molar-refractivity contribution < 1.29 is 14.3 Å². The molecule has 3 rings (SSSR count). The zero-order chi connectivity index (χ0) is 15.5. The quantitative estimate of drug-likeness (QED) is 0.907. The van der Waals surface area contributed by atoms with Crippen LogP contribution >= 0.6 is 22.7 Å². The molecule has 1 amide bonds. The molecule has 6 nitrogen and oxygen atoms in total. The molecule has 2 aromatic rings. The van der Waals surface area contributed by atoms with E-state index in [4.69, 9.17) is 9.47 Å². The van der Waals surface area contributed by atoms with E-state index in [2.05, 4.69) is 22.2 Å². The summed E-state index contributed by atoms with van der Waals surface area (Å²) in [6, 6.07) is -0.131. The van der Waals surface area contributed by atoms with Crippen molar-refractivity contribution in [3.8, 4) is 0 Å². The smallest absolute Gasteiger partial charge is 0.263 e. The summed E-state index contributed by atoms with van der Waals surface area (Å²) >= 11 is 2.91. The maximum atomic E-state index is 12.3. The number of rotatable bonds is 5. The van der Waals surface area contributed by atoms with Crippen LogP contribution in [0, 0.1) is 0 Å². The first-order valence-electron chi connectivity index (χ1n) is 7.11. The summed E-state index contributed by atoms with van der Waals surface area (Å²) in [6.07, 6.45) is 2.03. The molecule has 1 atom stereocenters. The molecule has 1 N–H and O–H groups in total. The lowest BCUT2D eigenvalue weighted by Gasteiger charge is -2.10. The van der Waals surface area contributed by atoms with Crippen LogP contribution in [0.5, 0.6) is 0 Å². The van der Waals surface area contributed by atoms with Crippen molar-refractivity contribution in [1.82, 2.24) is 15.3 Å². The van der Waals surface area contributed by atoms with Crippen molar-refractivity contribution in [3.63, 3.8) is 0 Å². The molecular formula is C14H17N3O3S2. The third-order valence-electron chi connectivity index (χ3n) is 3.23. The molecule has 118 valence electrons. The molecule has 22 heavy (non-hydrogen) atoms. The van der Waals surface area contributed by atoms with Gasteiger partial charge in [0.25, 0.3) is 5.91 Å². The molecule has 1 aliphatic rings. The fraction of sp³-hybridized carbons (Fsp3) is 0.500. The van der Waals surface area contributed by atoms with E-state index in [0.29, 0.717) is 23.1 Å². The lowest BCUT2D eigenvalue weighted by atomic mass is 10.2. The molecule has 0 radical (unpaired) electrons. The Bertz CT molecular complexity index is 649. The second-order valence-electron chi connectivity index (χ2n) is 4.85. The number of carbonyl (C=O) groups is 1. The minimum absolute atomic E-state index is 0.131. The first kappa shape index (κ1) is 15.5. The number of amides is 1. The fourth-order valence-corrected chi connectivity index (χ4v) is 3.69. The summed E-state index contributed by atoms with van der Waals surface area (Å²) in [7, 11) is 0. The zero-order valence-electron chi connectivity index (χ0n) is 12.4. The van der Waals surface area contributed by atoms with Crippen LogP contribution in [0.4, 0.5) is 0 Å². The van der Waals surface area contributed by atoms with Crippen molar-refractivity contribution in [2.45, 2.75) is 32.6 Å². The van der Waals surface area contributed by atoms with Crippen LogP contribution in [0.15, 0.2) is 11.6 Å². The lowest BCUT2D eigenvalue weighted by molar-refractivity contribution is -0.0442. The Hall–Kier alpha value is -1.35. The zero-order valence-corrected chi connectivity index (χ0v) is 14.0. The maximum absolute atomic E-state index is 12.3. The van der Waals surface area contributed by atoms with Gasteiger partial charge in [0.1, 0.15) is 9.88 Å². The predicted molar refractivity (Wildman–Crippen MR) is 84.1 cm³/mol. The Kier molecular flexibility index (Phi) is 4.82. The highest BCUT2D eigenvalue weighted by atomic mass is 32.1. The minimum Gasteiger partial charge on any atom is -0.344 e. The molecule has 0 aliphatic carbocycles. The van der Waals surface area contributed by atoms with Crippen LogP contribution < -0.4 is 5.32 Å². The molecule has 0 unspecified atom stereocenters. The Balaban J connectivity index is 1.63. The van der Waals surface area contributed by atoms with Gasteiger partial charge in [-0.25, -0.2) is 9.97 Å². The van der Waals surface area contributed by atoms with Gasteiger partial charge >= 0.3 is 0 Å². The number of hydrogen-bond acceptors (Lipinski definition) is 7. The first-order chi connectivity index (χ1) is 10.7. The van der Waals surface area contributed by atoms with Crippen LogP contribution in [0.1, 0.15) is 51.6 Å². The number of carbonyl (C=O) groups excluding carboxylic acids is 1. The molecule has 8 heteroatoms. The van der Waals surface area contributed by atoms with Gasteiger partial charge in [0.2, 0.25) is 6.29 Å². The van der Waals surface area contributed by atoms with Gasteiger partial charge in [-0.15, -0.1) is 22.7 Å². The van der Waals surface area contributed by atoms with Gasteiger partial charge in [-0.2, -0.15) is 0 Å². The van der Waals surface area contributed by atoms with E-state index < -0.39 is 6.29 Å². The van der Waals surface area contributed by atoms with E-state index in [1.54, 1.807) is 17.5 Å². The number of thiazole rings is 2. The van der Waals surface area contributed by atoms with Gasteiger partial charge in [-0.3, -0.25) is 4.79 Å². The Morgan fingerprint density at radius 2 is 2.27 bits per heavy atom. The number of nitrogens with zero attached hydrogens (tertiary/aromatic N) is 2. The normalized spacial score (nSPS) is 16.8. The standard InChI is InChI=1S/C14H17N3O3S2/c1-3-11-17-9(7-21-11)8(2)16-12(18)10-6-15-13(22-10)14-19-4-5-20-14/h6-8,14H,3-5H2,1-2H3,(H,16,18)/t8-/m1/s1. The second-order valence-corrected chi connectivity index (χ2v) is 6.86. The monoisotopic (exact) mass is 339 g/mol. The predicted octanol–water partition coefficient (Wildman–Crippen LogP) is 2.70. The van der Waals surface area contributed by atoms with Crippen LogP contribution in [0.3, 0.4) is 0 Å². The van der Waals surface area contributed by atoms with E-state index >= 15 is 0 Å². The van der Waals surface area contributed by atoms with Crippen LogP contribution in [0.2, 0.25) is 0 Å². The highest BCUT2D eigenvalue weighted by molar-refractivity contribution is 7.13. The Morgan fingerprint density at radius 3 is 2.95 bits per heavy atom. The summed E-state index contributed by atoms with van der Waals surface area (Å²) in [4.78, 5) is 21.5. The molecule has 0 saturated carbocycles. The molecule has 1 aliphatic heterocycles. The number of nitrogens with one attached hydrogen (secondary N) is 1. The number of aryl methyl sites for hydroxylation is 1. The van der Waals surface area contributed by atoms with Crippen molar-refractivity contribution in [3.05, 3.63) is 32.2 Å². The van der Waals surface area contributed by atoms with E-state index in [1.807, 2.05) is 12.3 Å². The number of ether oxygens (including phenoxy) is 2. The van der Waals surface area contributed by atoms with Crippen LogP contribution in [0.25, 0.3) is 0 Å². The van der Waals surface area contributed by atoms with Crippen LogP contribution in [-0.2, 0) is 15.9 Å². The summed E-state index contributed by atoms with van der Waals surface area (Å²) < 4.78 is 10.8. The second kappa shape index (κ2) is 6.82. The van der Waals surface area contributed by atoms with Gasteiger partial charge in [0, 0.05) is 5.38 Å². The van der Waals surface area contributed by atoms with E-state index in [-0.39, 0.29) is 11.9 Å². The minimum atomic E-state index is -0.436. The largest absolute Gasteiger partial charge is 0.344 e. The average molecular weight is 339 g/mol. The Morgan fingerprint density at radius 1 is 1.50 bits per heavy atom. The topological polar surface area (TPSA) is 73.3 Å². The molecular weight excluding hydrogens is 322 g/mol. The Labute approximate surface area is 136 Å². The molecule has 1 fully saturated rings. The highest BCUT2D eigenvalue weighted by Gasteiger charge is 2.24. The van der Waals surface area contributed by atoms with Crippen molar-refractivity contribution in [1.29, 1.82) is 0 Å². The number of hydrogen-bond donors (Lipinski definition) is 1. The lowest BCUT2D eigenvalue weighted by Crippen LogP contribution is -2.26. The summed E-state index contributed by atoms with van der Waals surface area (Å²) in [5.74, 6) is -0.153. The van der Waals surface area contributed by atoms with Gasteiger partial charge in [-0.1, -0.05) is 6.92 Å². The third kappa shape index (κ3) is 3.35. The fourth-order valence-electron chi connectivity index (χ4n) is 2.03. The average Bonchev–Trinajstić information content (AvgIpc) is 3.25. The SMILES string of the molecule is CCc1nc([C@@H](C)NC(=O)c2cnc(C3OCCO3)s2)cs1. The van der Waals surface area contributed by atoms with Crippen LogP contribution in [-0.4, -0.2) is 29.1 Å². The van der Waals surface area contributed by atoms with E-state index in [0.717, 1.165) is 17.1 Å². The van der Waals surface area contributed by atoms with E-state index in [9.17, 15) is 4.79 Å². The van der Waals surface area contributed by atoms with Gasteiger partial charge in [-0.05, 0) is 13.3 Å². The van der Waals surface area contributed by atoms with Crippen molar-refractivity contribution in [2.75, 3.05) is 13.2 Å². The number of aromatic nitrogens is 2. The van der Waals surface area contributed by atoms with Gasteiger partial charge in [0.15, 0.2) is 0 Å². The molecule has 0 bridgehead atoms. The van der Waals surface area contributed by atoms with E-state index in [1.165, 1.54) is 11.3 Å². The molecule has 3 heterocycles. The first-order valence-corrected chi connectivity index (χ1v) is 8.81. The molecule has 0 aromatic carbocycles. The van der Waals surface area contributed by atoms with Crippen molar-refractivity contribution >= 4 is 28.6 Å². The maximum Gasteiger partial charge on any atom is 0.263 e. The highest BCUT2D eigenvalue weighted by Crippen LogP contribution is 2.27. The molecule has 2 aromatic heterocycles. The van der Waals surface area contributed by atoms with Gasteiger partial charge < -0.3 is 14.8 Å². The summed E-state index contributed by atoms with van der Waals surface area (Å²) in [5, 5.41) is 6.69. The third-order valence-corrected chi connectivity index (χ3v) is 5.26. The summed E-state index contributed by atoms with van der Waals surface area (Å²) in [5.41, 5.74) is 0.891. The van der Waals surface area contributed by atoms with Gasteiger partial charge in [0.05, 0.1) is 36.2 Å². The summed E-state index contributed by atoms with van der Waals surface area (Å²) in [6.45, 7) is 5.12. The molecule has 0 spiro atoms. The molecule has 1 saturated heterocycles.